The molecule has 0 aliphatic carbocycles. The largest absolute Gasteiger partial charge is 0.302 e. The Morgan fingerprint density at radius 3 is 2.53 bits per heavy atom. The lowest BCUT2D eigenvalue weighted by molar-refractivity contribution is 0.551. The highest BCUT2D eigenvalue weighted by Gasteiger charge is 2.08. The Bertz CT molecular complexity index is 424. The first-order chi connectivity index (χ1) is 6.88. The molecule has 0 heterocycles. The summed E-state index contributed by atoms with van der Waals surface area (Å²) in [5, 5.41) is 0. The van der Waals surface area contributed by atoms with Gasteiger partial charge in [-0.3, -0.25) is 0 Å². The van der Waals surface area contributed by atoms with Gasteiger partial charge in [-0.1, -0.05) is 38.1 Å². The van der Waals surface area contributed by atoms with Gasteiger partial charge in [-0.2, -0.15) is 8.42 Å². The third kappa shape index (κ3) is 4.42. The molecule has 0 radical (unpaired) electrons. The van der Waals surface area contributed by atoms with Crippen molar-refractivity contribution in [3.8, 4) is 0 Å². The highest BCUT2D eigenvalue weighted by atomic mass is 32.3. The van der Waals surface area contributed by atoms with E-state index >= 15 is 0 Å². The van der Waals surface area contributed by atoms with Crippen LogP contribution in [0.3, 0.4) is 0 Å². The van der Waals surface area contributed by atoms with Gasteiger partial charge in [-0.25, -0.2) is 0 Å². The number of halogens is 1. The highest BCUT2D eigenvalue weighted by molar-refractivity contribution is 7.86. The van der Waals surface area contributed by atoms with Gasteiger partial charge in [-0.15, -0.1) is 3.89 Å². The van der Waals surface area contributed by atoms with E-state index < -0.39 is 16.0 Å². The maximum atomic E-state index is 12.3. The summed E-state index contributed by atoms with van der Waals surface area (Å²) >= 11 is 0. The Morgan fingerprint density at radius 2 is 2.00 bits per heavy atom. The molecule has 0 saturated carbocycles. The molecule has 1 aromatic carbocycles. The number of hydrogen-bond donors (Lipinski definition) is 0. The van der Waals surface area contributed by atoms with Crippen LogP contribution in [0.5, 0.6) is 0 Å². The summed E-state index contributed by atoms with van der Waals surface area (Å²) in [4.78, 5) is 0. The maximum absolute atomic E-state index is 12.3. The Kier molecular flexibility index (Phi) is 3.85. The van der Waals surface area contributed by atoms with E-state index in [2.05, 4.69) is 13.8 Å². The van der Waals surface area contributed by atoms with E-state index in [1.165, 1.54) is 0 Å². The molecule has 2 nitrogen and oxygen atoms in total. The van der Waals surface area contributed by atoms with Gasteiger partial charge in [-0.05, 0) is 23.5 Å². The Balaban J connectivity index is 2.74. The van der Waals surface area contributed by atoms with Crippen LogP contribution in [0.1, 0.15) is 30.9 Å². The zero-order valence-electron chi connectivity index (χ0n) is 8.90. The topological polar surface area (TPSA) is 34.1 Å². The van der Waals surface area contributed by atoms with E-state index in [1.807, 2.05) is 24.3 Å². The van der Waals surface area contributed by atoms with Crippen LogP contribution in [0, 0.1) is 0 Å². The number of benzene rings is 1. The normalized spacial score (nSPS) is 12.0. The second kappa shape index (κ2) is 4.75. The van der Waals surface area contributed by atoms with Crippen LogP contribution in [0.2, 0.25) is 0 Å². The molecule has 0 aromatic heterocycles. The zero-order valence-corrected chi connectivity index (χ0v) is 9.72. The Hall–Kier alpha value is -0.900. The predicted octanol–water partition coefficient (Wildman–Crippen LogP) is 2.65. The minimum atomic E-state index is -4.36. The molecule has 1 aromatic rings. The summed E-state index contributed by atoms with van der Waals surface area (Å²) in [5.74, 6) is -0.0407. The van der Waals surface area contributed by atoms with Crippen molar-refractivity contribution >= 4 is 10.2 Å². The summed E-state index contributed by atoms with van der Waals surface area (Å²) in [7, 11) is -4.36. The molecule has 1 rings (SSSR count). The van der Waals surface area contributed by atoms with Crippen LogP contribution < -0.4 is 0 Å². The first-order valence-electron chi connectivity index (χ1n) is 4.89. The van der Waals surface area contributed by atoms with Crippen molar-refractivity contribution < 1.29 is 12.3 Å². The number of aryl methyl sites for hydroxylation is 1. The number of rotatable bonds is 4. The molecule has 0 bridgehead atoms. The van der Waals surface area contributed by atoms with Crippen LogP contribution in [-0.2, 0) is 16.6 Å². The average molecular weight is 230 g/mol. The molecule has 4 heteroatoms. The molecular formula is C11H15FO2S. The first kappa shape index (κ1) is 12.2. The van der Waals surface area contributed by atoms with E-state index in [0.717, 1.165) is 11.1 Å². The Labute approximate surface area is 90.3 Å². The van der Waals surface area contributed by atoms with Gasteiger partial charge in [0.25, 0.3) is 0 Å². The highest BCUT2D eigenvalue weighted by Crippen LogP contribution is 2.16. The zero-order chi connectivity index (χ0) is 11.5. The summed E-state index contributed by atoms with van der Waals surface area (Å²) in [5.41, 5.74) is 2.01. The average Bonchev–Trinajstić information content (AvgIpc) is 2.14. The SMILES string of the molecule is CC(C)c1cccc(CCS(=O)(=O)F)c1. The second-order valence-corrected chi connectivity index (χ2v) is 5.38. The lowest BCUT2D eigenvalue weighted by Crippen LogP contribution is -2.02. The minimum absolute atomic E-state index is 0.236. The van der Waals surface area contributed by atoms with Crippen LogP contribution in [-0.4, -0.2) is 14.2 Å². The van der Waals surface area contributed by atoms with Crippen LogP contribution in [0.25, 0.3) is 0 Å². The molecule has 0 spiro atoms. The molecule has 0 unspecified atom stereocenters. The molecule has 0 amide bonds. The molecule has 15 heavy (non-hydrogen) atoms. The van der Waals surface area contributed by atoms with Gasteiger partial charge in [0.1, 0.15) is 0 Å². The van der Waals surface area contributed by atoms with Gasteiger partial charge >= 0.3 is 10.2 Å². The van der Waals surface area contributed by atoms with E-state index in [-0.39, 0.29) is 6.42 Å². The smallest absolute Gasteiger partial charge is 0.195 e. The predicted molar refractivity (Wildman–Crippen MR) is 59.1 cm³/mol. The van der Waals surface area contributed by atoms with E-state index in [1.54, 1.807) is 0 Å². The second-order valence-electron chi connectivity index (χ2n) is 3.89. The third-order valence-corrected chi connectivity index (χ3v) is 2.94. The van der Waals surface area contributed by atoms with Gasteiger partial charge in [0.05, 0.1) is 5.75 Å². The fourth-order valence-electron chi connectivity index (χ4n) is 1.35. The van der Waals surface area contributed by atoms with Crippen molar-refractivity contribution in [3.05, 3.63) is 35.4 Å². The Morgan fingerprint density at radius 1 is 1.33 bits per heavy atom. The molecule has 0 aliphatic rings. The van der Waals surface area contributed by atoms with Crippen molar-refractivity contribution in [2.75, 3.05) is 5.75 Å². The van der Waals surface area contributed by atoms with Gasteiger partial charge in [0, 0.05) is 0 Å². The van der Waals surface area contributed by atoms with Crippen molar-refractivity contribution in [2.45, 2.75) is 26.2 Å². The summed E-state index contributed by atoms with van der Waals surface area (Å²) in [6.07, 6.45) is 0.236. The van der Waals surface area contributed by atoms with Crippen LogP contribution in [0.4, 0.5) is 3.89 Å². The molecule has 0 N–H and O–H groups in total. The lowest BCUT2D eigenvalue weighted by atomic mass is 10.0. The summed E-state index contributed by atoms with van der Waals surface area (Å²) in [6.45, 7) is 4.12. The first-order valence-corrected chi connectivity index (χ1v) is 6.45. The summed E-state index contributed by atoms with van der Waals surface area (Å²) < 4.78 is 33.0. The van der Waals surface area contributed by atoms with E-state index in [0.29, 0.717) is 5.92 Å². The van der Waals surface area contributed by atoms with Crippen molar-refractivity contribution in [1.29, 1.82) is 0 Å². The molecular weight excluding hydrogens is 215 g/mol. The number of hydrogen-bond acceptors (Lipinski definition) is 2. The quantitative estimate of drug-likeness (QED) is 0.745. The van der Waals surface area contributed by atoms with Crippen LogP contribution >= 0.6 is 0 Å². The van der Waals surface area contributed by atoms with Crippen molar-refractivity contribution in [3.63, 3.8) is 0 Å². The fourth-order valence-corrected chi connectivity index (χ4v) is 1.83. The van der Waals surface area contributed by atoms with Crippen molar-refractivity contribution in [1.82, 2.24) is 0 Å². The monoisotopic (exact) mass is 230 g/mol. The summed E-state index contributed by atoms with van der Waals surface area (Å²) in [6, 6.07) is 7.60. The van der Waals surface area contributed by atoms with Crippen molar-refractivity contribution in [2.24, 2.45) is 0 Å². The van der Waals surface area contributed by atoms with E-state index in [4.69, 9.17) is 0 Å². The van der Waals surface area contributed by atoms with Gasteiger partial charge < -0.3 is 0 Å². The van der Waals surface area contributed by atoms with Crippen LogP contribution in [0.15, 0.2) is 24.3 Å². The molecule has 0 aliphatic heterocycles. The minimum Gasteiger partial charge on any atom is -0.195 e. The molecule has 0 saturated heterocycles. The van der Waals surface area contributed by atoms with Gasteiger partial charge in [0.2, 0.25) is 0 Å². The van der Waals surface area contributed by atoms with E-state index in [9.17, 15) is 12.3 Å². The standard InChI is InChI=1S/C11H15FO2S/c1-9(2)11-5-3-4-10(8-11)6-7-15(12,13)14/h3-5,8-9H,6-7H2,1-2H3. The maximum Gasteiger partial charge on any atom is 0.302 e. The lowest BCUT2D eigenvalue weighted by Gasteiger charge is -2.07. The van der Waals surface area contributed by atoms with Gasteiger partial charge in [0.15, 0.2) is 0 Å². The third-order valence-electron chi connectivity index (χ3n) is 2.25. The molecule has 0 fully saturated rings. The molecule has 0 atom stereocenters. The molecule has 84 valence electrons. The fraction of sp³-hybridized carbons (Fsp3) is 0.455.